The van der Waals surface area contributed by atoms with Crippen molar-refractivity contribution < 1.29 is 13.2 Å². The van der Waals surface area contributed by atoms with Gasteiger partial charge in [0.05, 0.1) is 6.54 Å². The minimum Gasteiger partial charge on any atom is -0.441 e. The van der Waals surface area contributed by atoms with Crippen LogP contribution in [0.3, 0.4) is 0 Å². The van der Waals surface area contributed by atoms with Crippen LogP contribution in [0, 0.1) is 6.92 Å². The predicted molar refractivity (Wildman–Crippen MR) is 51.7 cm³/mol. The molecular formula is C10H10F2N2O. The molecule has 3 nitrogen and oxygen atoms in total. The molecule has 0 bridgehead atoms. The van der Waals surface area contributed by atoms with Gasteiger partial charge in [0, 0.05) is 12.5 Å². The molecule has 80 valence electrons. The number of alkyl halides is 2. The van der Waals surface area contributed by atoms with Crippen LogP contribution in [0.4, 0.5) is 8.78 Å². The lowest BCUT2D eigenvalue weighted by molar-refractivity contribution is 0.00601. The average Bonchev–Trinajstić information content (AvgIpc) is 2.56. The molecule has 0 unspecified atom stereocenters. The highest BCUT2D eigenvalue weighted by Gasteiger charge is 2.29. The summed E-state index contributed by atoms with van der Waals surface area (Å²) in [5.74, 6) is -2.56. The highest BCUT2D eigenvalue weighted by Crippen LogP contribution is 2.29. The highest BCUT2D eigenvalue weighted by atomic mass is 19.3. The molecular weight excluding hydrogens is 202 g/mol. The lowest BCUT2D eigenvalue weighted by atomic mass is 10.1. The van der Waals surface area contributed by atoms with E-state index in [4.69, 9.17) is 10.2 Å². The summed E-state index contributed by atoms with van der Waals surface area (Å²) in [6.07, 6.45) is 0. The second-order valence-electron chi connectivity index (χ2n) is 3.32. The summed E-state index contributed by atoms with van der Waals surface area (Å²) in [6.45, 7) is 0.951. The zero-order chi connectivity index (χ0) is 11.1. The Morgan fingerprint density at radius 1 is 1.47 bits per heavy atom. The van der Waals surface area contributed by atoms with Gasteiger partial charge in [-0.15, -0.1) is 0 Å². The third-order valence-corrected chi connectivity index (χ3v) is 2.17. The van der Waals surface area contributed by atoms with Crippen molar-refractivity contribution in [3.63, 3.8) is 0 Å². The van der Waals surface area contributed by atoms with Gasteiger partial charge >= 0.3 is 0 Å². The molecule has 0 atom stereocenters. The molecule has 1 heterocycles. The Morgan fingerprint density at radius 2 is 2.20 bits per heavy atom. The van der Waals surface area contributed by atoms with Gasteiger partial charge in [-0.05, 0) is 12.1 Å². The lowest BCUT2D eigenvalue weighted by Crippen LogP contribution is -2.24. The van der Waals surface area contributed by atoms with Crippen molar-refractivity contribution in [3.05, 3.63) is 29.7 Å². The molecule has 1 aromatic carbocycles. The van der Waals surface area contributed by atoms with Crippen LogP contribution in [0.15, 0.2) is 22.6 Å². The number of oxazole rings is 1. The molecule has 15 heavy (non-hydrogen) atoms. The summed E-state index contributed by atoms with van der Waals surface area (Å²) < 4.78 is 31.6. The second-order valence-corrected chi connectivity index (χ2v) is 3.32. The molecule has 2 N–H and O–H groups in total. The van der Waals surface area contributed by atoms with E-state index in [1.807, 2.05) is 0 Å². The quantitative estimate of drug-likeness (QED) is 0.830. The number of benzene rings is 1. The van der Waals surface area contributed by atoms with Crippen LogP contribution in [0.2, 0.25) is 0 Å². The first kappa shape index (κ1) is 10.0. The number of hydrogen-bond acceptors (Lipinski definition) is 3. The van der Waals surface area contributed by atoms with Crippen molar-refractivity contribution in [3.8, 4) is 0 Å². The SMILES string of the molecule is Cc1nc2ccc(C(F)(F)CN)cc2o1. The summed E-state index contributed by atoms with van der Waals surface area (Å²) >= 11 is 0. The highest BCUT2D eigenvalue weighted by molar-refractivity contribution is 5.73. The Bertz CT molecular complexity index is 493. The van der Waals surface area contributed by atoms with E-state index < -0.39 is 12.5 Å². The number of nitrogens with two attached hydrogens (primary N) is 1. The predicted octanol–water partition coefficient (Wildman–Crippen LogP) is 2.19. The second kappa shape index (κ2) is 3.27. The minimum atomic E-state index is -3.02. The Morgan fingerprint density at radius 3 is 2.87 bits per heavy atom. The molecule has 0 aliphatic carbocycles. The van der Waals surface area contributed by atoms with E-state index in [0.29, 0.717) is 17.0 Å². The first-order valence-corrected chi connectivity index (χ1v) is 4.48. The molecule has 0 fully saturated rings. The van der Waals surface area contributed by atoms with E-state index in [1.165, 1.54) is 18.2 Å². The normalized spacial score (nSPS) is 12.3. The molecule has 5 heteroatoms. The molecule has 2 rings (SSSR count). The number of aryl methyl sites for hydroxylation is 1. The van der Waals surface area contributed by atoms with Gasteiger partial charge in [-0.2, -0.15) is 8.78 Å². The molecule has 0 saturated heterocycles. The van der Waals surface area contributed by atoms with Gasteiger partial charge in [-0.1, -0.05) is 6.07 Å². The monoisotopic (exact) mass is 212 g/mol. The van der Waals surface area contributed by atoms with Gasteiger partial charge in [0.25, 0.3) is 5.92 Å². The Hall–Kier alpha value is -1.49. The van der Waals surface area contributed by atoms with E-state index in [1.54, 1.807) is 6.92 Å². The maximum Gasteiger partial charge on any atom is 0.285 e. The molecule has 0 saturated carbocycles. The van der Waals surface area contributed by atoms with Gasteiger partial charge in [0.1, 0.15) is 5.52 Å². The largest absolute Gasteiger partial charge is 0.441 e. The number of halogens is 2. The number of aromatic nitrogens is 1. The van der Waals surface area contributed by atoms with E-state index in [0.717, 1.165) is 0 Å². The van der Waals surface area contributed by atoms with Gasteiger partial charge in [-0.25, -0.2) is 4.98 Å². The van der Waals surface area contributed by atoms with Gasteiger partial charge in [0.15, 0.2) is 11.5 Å². The third kappa shape index (κ3) is 1.70. The van der Waals surface area contributed by atoms with E-state index >= 15 is 0 Å². The summed E-state index contributed by atoms with van der Waals surface area (Å²) in [4.78, 5) is 4.02. The number of rotatable bonds is 2. The van der Waals surface area contributed by atoms with Crippen LogP contribution < -0.4 is 5.73 Å². The number of hydrogen-bond donors (Lipinski definition) is 1. The van der Waals surface area contributed by atoms with Crippen molar-refractivity contribution in [1.29, 1.82) is 0 Å². The molecule has 0 aliphatic rings. The van der Waals surface area contributed by atoms with Crippen LogP contribution in [-0.4, -0.2) is 11.5 Å². The molecule has 0 aliphatic heterocycles. The summed E-state index contributed by atoms with van der Waals surface area (Å²) in [6, 6.07) is 4.10. The Labute approximate surface area is 84.9 Å². The van der Waals surface area contributed by atoms with E-state index in [9.17, 15) is 8.78 Å². The van der Waals surface area contributed by atoms with Crippen molar-refractivity contribution >= 4 is 11.1 Å². The third-order valence-electron chi connectivity index (χ3n) is 2.17. The van der Waals surface area contributed by atoms with E-state index in [2.05, 4.69) is 4.98 Å². The maximum atomic E-state index is 13.2. The zero-order valence-corrected chi connectivity index (χ0v) is 8.13. The van der Waals surface area contributed by atoms with Crippen molar-refractivity contribution in [1.82, 2.24) is 4.98 Å². The lowest BCUT2D eigenvalue weighted by Gasteiger charge is -2.13. The first-order chi connectivity index (χ1) is 7.03. The molecule has 0 amide bonds. The molecule has 1 aromatic heterocycles. The Kier molecular flexibility index (Phi) is 2.19. The van der Waals surface area contributed by atoms with Crippen LogP contribution in [0.1, 0.15) is 11.5 Å². The van der Waals surface area contributed by atoms with Crippen molar-refractivity contribution in [2.45, 2.75) is 12.8 Å². The number of nitrogens with zero attached hydrogens (tertiary/aromatic N) is 1. The smallest absolute Gasteiger partial charge is 0.285 e. The first-order valence-electron chi connectivity index (χ1n) is 4.48. The summed E-state index contributed by atoms with van der Waals surface area (Å²) in [5, 5.41) is 0. The fourth-order valence-corrected chi connectivity index (χ4v) is 1.39. The summed E-state index contributed by atoms with van der Waals surface area (Å²) in [5.41, 5.74) is 5.78. The van der Waals surface area contributed by atoms with Gasteiger partial charge in [-0.3, -0.25) is 0 Å². The fourth-order valence-electron chi connectivity index (χ4n) is 1.39. The van der Waals surface area contributed by atoms with Crippen LogP contribution in [0.25, 0.3) is 11.1 Å². The summed E-state index contributed by atoms with van der Waals surface area (Å²) in [7, 11) is 0. The van der Waals surface area contributed by atoms with E-state index in [-0.39, 0.29) is 5.56 Å². The fraction of sp³-hybridized carbons (Fsp3) is 0.300. The van der Waals surface area contributed by atoms with Crippen molar-refractivity contribution in [2.24, 2.45) is 5.73 Å². The van der Waals surface area contributed by atoms with Crippen molar-refractivity contribution in [2.75, 3.05) is 6.54 Å². The average molecular weight is 212 g/mol. The van der Waals surface area contributed by atoms with Crippen LogP contribution in [0.5, 0.6) is 0 Å². The Balaban J connectivity index is 2.55. The zero-order valence-electron chi connectivity index (χ0n) is 8.13. The topological polar surface area (TPSA) is 52.0 Å². The molecule has 0 radical (unpaired) electrons. The maximum absolute atomic E-state index is 13.2. The molecule has 0 spiro atoms. The van der Waals surface area contributed by atoms with Gasteiger partial charge < -0.3 is 10.2 Å². The van der Waals surface area contributed by atoms with Crippen LogP contribution in [-0.2, 0) is 5.92 Å². The minimum absolute atomic E-state index is 0.145. The van der Waals surface area contributed by atoms with Gasteiger partial charge in [0.2, 0.25) is 0 Å². The molecule has 2 aromatic rings. The standard InChI is InChI=1S/C10H10F2N2O/c1-6-14-8-3-2-7(4-9(8)15-6)10(11,12)5-13/h2-4H,5,13H2,1H3. The van der Waals surface area contributed by atoms with Crippen LogP contribution >= 0.6 is 0 Å². The number of fused-ring (bicyclic) bond motifs is 1.